The molecule has 1 aromatic carbocycles. The van der Waals surface area contributed by atoms with Gasteiger partial charge in [-0.1, -0.05) is 18.2 Å². The van der Waals surface area contributed by atoms with Gasteiger partial charge in [-0.15, -0.1) is 0 Å². The zero-order chi connectivity index (χ0) is 17.6. The van der Waals surface area contributed by atoms with Crippen molar-refractivity contribution in [2.24, 2.45) is 5.92 Å². The molecule has 0 radical (unpaired) electrons. The number of hydrogen-bond donors (Lipinski definition) is 1. The lowest BCUT2D eigenvalue weighted by molar-refractivity contribution is -0.132. The van der Waals surface area contributed by atoms with Crippen molar-refractivity contribution in [3.63, 3.8) is 0 Å². The highest BCUT2D eigenvalue weighted by molar-refractivity contribution is 5.92. The molecule has 1 fully saturated rings. The Morgan fingerprint density at radius 2 is 2.04 bits per heavy atom. The van der Waals surface area contributed by atoms with Gasteiger partial charge in [0.25, 0.3) is 5.91 Å². The topological polar surface area (TPSA) is 71.5 Å². The van der Waals surface area contributed by atoms with Crippen LogP contribution in [-0.4, -0.2) is 41.4 Å². The number of anilines is 1. The lowest BCUT2D eigenvalue weighted by Crippen LogP contribution is -2.34. The number of ether oxygens (including phenoxy) is 1. The highest BCUT2D eigenvalue weighted by atomic mass is 19.1. The number of hydrogen-bond acceptors (Lipinski definition) is 4. The molecule has 0 spiro atoms. The van der Waals surface area contributed by atoms with E-state index in [4.69, 9.17) is 4.74 Å². The normalized spacial score (nSPS) is 16.5. The van der Waals surface area contributed by atoms with Crippen LogP contribution in [0, 0.1) is 11.7 Å². The summed E-state index contributed by atoms with van der Waals surface area (Å²) in [5.74, 6) is -0.705. The van der Waals surface area contributed by atoms with E-state index in [9.17, 15) is 14.0 Å². The predicted molar refractivity (Wildman–Crippen MR) is 89.4 cm³/mol. The SMILES string of the molecule is O=C(Nc1ccccn1)[C@H]1CCN(C(=O)COc2ccccc2F)C1. The number of aromatic nitrogens is 1. The average molecular weight is 343 g/mol. The van der Waals surface area contributed by atoms with Gasteiger partial charge in [0.15, 0.2) is 18.2 Å². The number of halogens is 1. The van der Waals surface area contributed by atoms with E-state index in [0.717, 1.165) is 0 Å². The molecule has 1 aliphatic heterocycles. The molecular formula is C18H18FN3O3. The first-order valence-electron chi connectivity index (χ1n) is 8.00. The van der Waals surface area contributed by atoms with Crippen LogP contribution in [0.5, 0.6) is 5.75 Å². The Bertz CT molecular complexity index is 754. The van der Waals surface area contributed by atoms with Crippen molar-refractivity contribution in [2.45, 2.75) is 6.42 Å². The molecule has 6 nitrogen and oxygen atoms in total. The standard InChI is InChI=1S/C18H18FN3O3/c19-14-5-1-2-6-15(14)25-12-17(23)22-10-8-13(11-22)18(24)21-16-7-3-4-9-20-16/h1-7,9,13H,8,10-12H2,(H,20,21,24)/t13-/m0/s1. The van der Waals surface area contributed by atoms with Crippen molar-refractivity contribution in [2.75, 3.05) is 25.0 Å². The van der Waals surface area contributed by atoms with E-state index in [2.05, 4.69) is 10.3 Å². The van der Waals surface area contributed by atoms with Crippen LogP contribution in [-0.2, 0) is 9.59 Å². The van der Waals surface area contributed by atoms with Gasteiger partial charge in [-0.05, 0) is 30.7 Å². The molecular weight excluding hydrogens is 325 g/mol. The molecule has 0 unspecified atom stereocenters. The zero-order valence-corrected chi connectivity index (χ0v) is 13.5. The Hall–Kier alpha value is -2.96. The Balaban J connectivity index is 1.49. The fourth-order valence-electron chi connectivity index (χ4n) is 2.66. The number of para-hydroxylation sites is 1. The second kappa shape index (κ2) is 7.74. The molecule has 1 aliphatic rings. The molecule has 7 heteroatoms. The van der Waals surface area contributed by atoms with Crippen LogP contribution in [0.1, 0.15) is 6.42 Å². The first-order valence-corrected chi connectivity index (χ1v) is 8.00. The van der Waals surface area contributed by atoms with Crippen LogP contribution in [0.25, 0.3) is 0 Å². The van der Waals surface area contributed by atoms with Crippen molar-refractivity contribution in [3.05, 3.63) is 54.5 Å². The molecule has 1 N–H and O–H groups in total. The summed E-state index contributed by atoms with van der Waals surface area (Å²) in [6.07, 6.45) is 2.17. The van der Waals surface area contributed by atoms with E-state index in [1.807, 2.05) is 0 Å². The van der Waals surface area contributed by atoms with Crippen LogP contribution in [0.4, 0.5) is 10.2 Å². The second-order valence-electron chi connectivity index (χ2n) is 5.75. The van der Waals surface area contributed by atoms with Gasteiger partial charge < -0.3 is 15.0 Å². The van der Waals surface area contributed by atoms with Crippen molar-refractivity contribution < 1.29 is 18.7 Å². The largest absolute Gasteiger partial charge is 0.481 e. The minimum atomic E-state index is -0.510. The molecule has 0 bridgehead atoms. The maximum atomic E-state index is 13.5. The number of nitrogens with zero attached hydrogens (tertiary/aromatic N) is 2. The molecule has 0 saturated carbocycles. The third-order valence-electron chi connectivity index (χ3n) is 4.02. The second-order valence-corrected chi connectivity index (χ2v) is 5.75. The number of carbonyl (C=O) groups is 2. The number of likely N-dealkylation sites (tertiary alicyclic amines) is 1. The lowest BCUT2D eigenvalue weighted by Gasteiger charge is -2.17. The number of carbonyl (C=O) groups excluding carboxylic acids is 2. The van der Waals surface area contributed by atoms with Crippen LogP contribution >= 0.6 is 0 Å². The molecule has 1 aromatic heterocycles. The van der Waals surface area contributed by atoms with Gasteiger partial charge in [0.2, 0.25) is 5.91 Å². The van der Waals surface area contributed by atoms with Gasteiger partial charge in [-0.2, -0.15) is 0 Å². The fraction of sp³-hybridized carbons (Fsp3) is 0.278. The highest BCUT2D eigenvalue weighted by Crippen LogP contribution is 2.19. The van der Waals surface area contributed by atoms with Crippen LogP contribution in [0.15, 0.2) is 48.7 Å². The third-order valence-corrected chi connectivity index (χ3v) is 4.02. The zero-order valence-electron chi connectivity index (χ0n) is 13.5. The summed E-state index contributed by atoms with van der Waals surface area (Å²) in [7, 11) is 0. The molecule has 25 heavy (non-hydrogen) atoms. The van der Waals surface area contributed by atoms with E-state index in [0.29, 0.717) is 25.3 Å². The maximum Gasteiger partial charge on any atom is 0.260 e. The summed E-state index contributed by atoms with van der Waals surface area (Å²) >= 11 is 0. The van der Waals surface area contributed by atoms with Gasteiger partial charge in [0.05, 0.1) is 5.92 Å². The monoisotopic (exact) mass is 343 g/mol. The minimum absolute atomic E-state index is 0.0412. The quantitative estimate of drug-likeness (QED) is 0.902. The van der Waals surface area contributed by atoms with Crippen LogP contribution < -0.4 is 10.1 Å². The Morgan fingerprint density at radius 3 is 2.80 bits per heavy atom. The molecule has 3 rings (SSSR count). The van der Waals surface area contributed by atoms with Gasteiger partial charge in [-0.3, -0.25) is 9.59 Å². The van der Waals surface area contributed by atoms with Crippen LogP contribution in [0.3, 0.4) is 0 Å². The number of pyridine rings is 1. The Morgan fingerprint density at radius 1 is 1.24 bits per heavy atom. The lowest BCUT2D eigenvalue weighted by atomic mass is 10.1. The first-order chi connectivity index (χ1) is 12.1. The van der Waals surface area contributed by atoms with Gasteiger partial charge in [0.1, 0.15) is 5.82 Å². The molecule has 130 valence electrons. The number of rotatable bonds is 5. The highest BCUT2D eigenvalue weighted by Gasteiger charge is 2.31. The summed E-state index contributed by atoms with van der Waals surface area (Å²) < 4.78 is 18.7. The third kappa shape index (κ3) is 4.32. The maximum absolute atomic E-state index is 13.5. The summed E-state index contributed by atoms with van der Waals surface area (Å²) in [4.78, 5) is 30.0. The minimum Gasteiger partial charge on any atom is -0.481 e. The predicted octanol–water partition coefficient (Wildman–Crippen LogP) is 2.09. The molecule has 1 atom stereocenters. The van der Waals surface area contributed by atoms with Gasteiger partial charge in [-0.25, -0.2) is 9.37 Å². The summed E-state index contributed by atoms with van der Waals surface area (Å²) in [6.45, 7) is 0.535. The van der Waals surface area contributed by atoms with Crippen molar-refractivity contribution in [3.8, 4) is 5.75 Å². The van der Waals surface area contributed by atoms with Crippen molar-refractivity contribution in [1.82, 2.24) is 9.88 Å². The molecule has 2 aromatic rings. The van der Waals surface area contributed by atoms with Crippen molar-refractivity contribution in [1.29, 1.82) is 0 Å². The summed E-state index contributed by atoms with van der Waals surface area (Å²) in [5, 5.41) is 2.74. The van der Waals surface area contributed by atoms with E-state index in [-0.39, 0.29) is 30.1 Å². The van der Waals surface area contributed by atoms with E-state index < -0.39 is 5.82 Å². The molecule has 2 heterocycles. The van der Waals surface area contributed by atoms with Gasteiger partial charge in [0, 0.05) is 19.3 Å². The van der Waals surface area contributed by atoms with E-state index >= 15 is 0 Å². The van der Waals surface area contributed by atoms with Crippen LogP contribution in [0.2, 0.25) is 0 Å². The molecule has 1 saturated heterocycles. The first kappa shape index (κ1) is 16.9. The van der Waals surface area contributed by atoms with E-state index in [1.54, 1.807) is 41.4 Å². The fourth-order valence-corrected chi connectivity index (χ4v) is 2.66. The van der Waals surface area contributed by atoms with E-state index in [1.165, 1.54) is 12.1 Å². The van der Waals surface area contributed by atoms with Crippen molar-refractivity contribution >= 4 is 17.6 Å². The Labute approximate surface area is 144 Å². The summed E-state index contributed by atoms with van der Waals surface area (Å²) in [5.41, 5.74) is 0. The molecule has 0 aliphatic carbocycles. The smallest absolute Gasteiger partial charge is 0.260 e. The number of benzene rings is 1. The summed E-state index contributed by atoms with van der Waals surface area (Å²) in [6, 6.07) is 11.2. The Kier molecular flexibility index (Phi) is 5.23. The van der Waals surface area contributed by atoms with Gasteiger partial charge >= 0.3 is 0 Å². The molecule has 2 amide bonds. The number of nitrogens with one attached hydrogen (secondary N) is 1. The number of amides is 2. The average Bonchev–Trinajstić information content (AvgIpc) is 3.12.